The quantitative estimate of drug-likeness (QED) is 0.615. The molecule has 1 aromatic carbocycles. The van der Waals surface area contributed by atoms with E-state index in [4.69, 9.17) is 0 Å². The van der Waals surface area contributed by atoms with E-state index in [9.17, 15) is 4.79 Å². The molecule has 14 heavy (non-hydrogen) atoms. The average Bonchev–Trinajstić information content (AvgIpc) is 2.77. The smallest absolute Gasteiger partial charge is 0.252 e. The lowest BCUT2D eigenvalue weighted by atomic mass is 9.88. The summed E-state index contributed by atoms with van der Waals surface area (Å²) in [5, 5.41) is 3.09. The predicted molar refractivity (Wildman–Crippen MR) is 54.0 cm³/mol. The molecule has 1 amide bonds. The molecule has 1 heterocycles. The van der Waals surface area contributed by atoms with Crippen LogP contribution in [0.1, 0.15) is 28.8 Å². The molecule has 1 aromatic rings. The van der Waals surface area contributed by atoms with Crippen LogP contribution in [0.2, 0.25) is 0 Å². The number of benzene rings is 1. The largest absolute Gasteiger partial charge is 0.342 e. The summed E-state index contributed by atoms with van der Waals surface area (Å²) < 4.78 is 0. The summed E-state index contributed by atoms with van der Waals surface area (Å²) in [6, 6.07) is 7.87. The third-order valence-corrected chi connectivity index (χ3v) is 3.14. The van der Waals surface area contributed by atoms with Gasteiger partial charge in [-0.3, -0.25) is 4.79 Å². The predicted octanol–water partition coefficient (Wildman–Crippen LogP) is 1.98. The highest BCUT2D eigenvalue weighted by Gasteiger charge is 2.42. The maximum Gasteiger partial charge on any atom is 0.252 e. The Kier molecular flexibility index (Phi) is 1.38. The molecule has 1 aliphatic heterocycles. The summed E-state index contributed by atoms with van der Waals surface area (Å²) >= 11 is 0. The van der Waals surface area contributed by atoms with Gasteiger partial charge in [-0.1, -0.05) is 30.4 Å². The Bertz CT molecular complexity index is 426. The summed E-state index contributed by atoms with van der Waals surface area (Å²) in [5.41, 5.74) is 1.89. The van der Waals surface area contributed by atoms with E-state index in [1.807, 2.05) is 18.2 Å². The van der Waals surface area contributed by atoms with Crippen LogP contribution < -0.4 is 5.32 Å². The second-order valence-corrected chi connectivity index (χ2v) is 3.96. The van der Waals surface area contributed by atoms with Crippen molar-refractivity contribution >= 4 is 5.91 Å². The van der Waals surface area contributed by atoms with Crippen LogP contribution >= 0.6 is 0 Å². The van der Waals surface area contributed by atoms with Crippen molar-refractivity contribution in [3.63, 3.8) is 0 Å². The molecule has 0 saturated carbocycles. The minimum atomic E-state index is -0.117. The molecule has 0 radical (unpaired) electrons. The molecule has 0 saturated heterocycles. The lowest BCUT2D eigenvalue weighted by Gasteiger charge is -2.24. The minimum absolute atomic E-state index is 0.0734. The van der Waals surface area contributed by atoms with E-state index in [2.05, 4.69) is 23.5 Å². The Balaban J connectivity index is 2.18. The number of carbonyl (C=O) groups excluding carboxylic acids is 1. The van der Waals surface area contributed by atoms with Crippen LogP contribution in [0.4, 0.5) is 0 Å². The number of rotatable bonds is 0. The highest BCUT2D eigenvalue weighted by molar-refractivity contribution is 6.00. The van der Waals surface area contributed by atoms with Gasteiger partial charge in [-0.2, -0.15) is 0 Å². The Morgan fingerprint density at radius 1 is 1.14 bits per heavy atom. The van der Waals surface area contributed by atoms with Gasteiger partial charge in [0.15, 0.2) is 0 Å². The number of hydrogen-bond donors (Lipinski definition) is 1. The highest BCUT2D eigenvalue weighted by atomic mass is 16.2. The monoisotopic (exact) mass is 185 g/mol. The van der Waals surface area contributed by atoms with Gasteiger partial charge in [0.2, 0.25) is 0 Å². The topological polar surface area (TPSA) is 29.1 Å². The first-order valence-corrected chi connectivity index (χ1v) is 4.89. The Labute approximate surface area is 82.6 Å². The lowest BCUT2D eigenvalue weighted by molar-refractivity contribution is 0.0933. The van der Waals surface area contributed by atoms with Gasteiger partial charge < -0.3 is 5.32 Å². The summed E-state index contributed by atoms with van der Waals surface area (Å²) in [4.78, 5) is 11.7. The Morgan fingerprint density at radius 2 is 1.86 bits per heavy atom. The van der Waals surface area contributed by atoms with E-state index in [0.717, 1.165) is 24.0 Å². The van der Waals surface area contributed by atoms with E-state index >= 15 is 0 Å². The Morgan fingerprint density at radius 3 is 2.64 bits per heavy atom. The molecule has 3 rings (SSSR count). The summed E-state index contributed by atoms with van der Waals surface area (Å²) in [7, 11) is 0. The lowest BCUT2D eigenvalue weighted by Crippen LogP contribution is -2.36. The fraction of sp³-hybridized carbons (Fsp3) is 0.250. The number of hydrogen-bond acceptors (Lipinski definition) is 1. The maximum absolute atomic E-state index is 11.7. The first-order valence-electron chi connectivity index (χ1n) is 4.89. The zero-order valence-electron chi connectivity index (χ0n) is 7.79. The van der Waals surface area contributed by atoms with Crippen molar-refractivity contribution in [3.8, 4) is 0 Å². The van der Waals surface area contributed by atoms with Crippen LogP contribution in [0.5, 0.6) is 0 Å². The van der Waals surface area contributed by atoms with Crippen molar-refractivity contribution in [2.75, 3.05) is 0 Å². The molecule has 1 spiro atoms. The van der Waals surface area contributed by atoms with Gasteiger partial charge in [0, 0.05) is 5.56 Å². The number of nitrogens with one attached hydrogen (secondary N) is 1. The van der Waals surface area contributed by atoms with Crippen LogP contribution in [-0.4, -0.2) is 5.91 Å². The molecule has 0 atom stereocenters. The van der Waals surface area contributed by atoms with E-state index in [0.29, 0.717) is 0 Å². The van der Waals surface area contributed by atoms with Crippen LogP contribution in [0, 0.1) is 0 Å². The zero-order chi connectivity index (χ0) is 9.60. The minimum Gasteiger partial charge on any atom is -0.342 e. The van der Waals surface area contributed by atoms with Crippen LogP contribution in [0.3, 0.4) is 0 Å². The summed E-state index contributed by atoms with van der Waals surface area (Å²) in [6.07, 6.45) is 6.14. The molecule has 0 unspecified atom stereocenters. The second kappa shape index (κ2) is 2.47. The van der Waals surface area contributed by atoms with E-state index in [-0.39, 0.29) is 11.4 Å². The normalized spacial score (nSPS) is 21.3. The third kappa shape index (κ3) is 0.830. The molecule has 2 aliphatic rings. The molecule has 2 heteroatoms. The van der Waals surface area contributed by atoms with Gasteiger partial charge in [0.25, 0.3) is 5.91 Å². The standard InChI is InChI=1S/C12H11NO/c14-11-9-5-1-2-6-10(9)12(13-11)7-3-4-8-12/h1-6H,7-8H2,(H,13,14). The fourth-order valence-corrected chi connectivity index (χ4v) is 2.42. The van der Waals surface area contributed by atoms with Crippen molar-refractivity contribution in [3.05, 3.63) is 47.5 Å². The van der Waals surface area contributed by atoms with E-state index < -0.39 is 0 Å². The van der Waals surface area contributed by atoms with E-state index in [1.54, 1.807) is 0 Å². The highest BCUT2D eigenvalue weighted by Crippen LogP contribution is 2.40. The Hall–Kier alpha value is -1.57. The van der Waals surface area contributed by atoms with Gasteiger partial charge in [0.1, 0.15) is 0 Å². The zero-order valence-corrected chi connectivity index (χ0v) is 7.79. The summed E-state index contributed by atoms with van der Waals surface area (Å²) in [5.74, 6) is 0.0734. The molecule has 1 N–H and O–H groups in total. The molecule has 0 bridgehead atoms. The van der Waals surface area contributed by atoms with Gasteiger partial charge in [-0.25, -0.2) is 0 Å². The molecular formula is C12H11NO. The molecule has 0 aromatic heterocycles. The first-order chi connectivity index (χ1) is 6.82. The number of fused-ring (bicyclic) bond motifs is 2. The van der Waals surface area contributed by atoms with Gasteiger partial charge >= 0.3 is 0 Å². The summed E-state index contributed by atoms with van der Waals surface area (Å²) in [6.45, 7) is 0. The van der Waals surface area contributed by atoms with Crippen molar-refractivity contribution in [1.82, 2.24) is 5.32 Å². The van der Waals surface area contributed by atoms with Crippen molar-refractivity contribution in [2.45, 2.75) is 18.4 Å². The van der Waals surface area contributed by atoms with Crippen LogP contribution in [-0.2, 0) is 5.54 Å². The number of carbonyl (C=O) groups is 1. The number of amides is 1. The molecule has 2 nitrogen and oxygen atoms in total. The van der Waals surface area contributed by atoms with Gasteiger partial charge in [-0.15, -0.1) is 0 Å². The fourth-order valence-electron chi connectivity index (χ4n) is 2.42. The molecular weight excluding hydrogens is 174 g/mol. The van der Waals surface area contributed by atoms with Crippen molar-refractivity contribution in [1.29, 1.82) is 0 Å². The van der Waals surface area contributed by atoms with Gasteiger partial charge in [-0.05, 0) is 24.5 Å². The van der Waals surface area contributed by atoms with Crippen molar-refractivity contribution in [2.24, 2.45) is 0 Å². The van der Waals surface area contributed by atoms with E-state index in [1.165, 1.54) is 0 Å². The second-order valence-electron chi connectivity index (χ2n) is 3.96. The van der Waals surface area contributed by atoms with Crippen molar-refractivity contribution < 1.29 is 4.79 Å². The van der Waals surface area contributed by atoms with Gasteiger partial charge in [0.05, 0.1) is 5.54 Å². The average molecular weight is 185 g/mol. The first kappa shape index (κ1) is 7.80. The molecule has 1 aliphatic carbocycles. The van der Waals surface area contributed by atoms with Crippen LogP contribution in [0.15, 0.2) is 36.4 Å². The third-order valence-electron chi connectivity index (χ3n) is 3.14. The van der Waals surface area contributed by atoms with Crippen LogP contribution in [0.25, 0.3) is 0 Å². The molecule has 0 fully saturated rings. The maximum atomic E-state index is 11.7. The molecule has 70 valence electrons. The SMILES string of the molecule is O=C1NC2(CC=CC2)c2ccccc21.